The van der Waals surface area contributed by atoms with Crippen LogP contribution in [0.1, 0.15) is 31.7 Å². The van der Waals surface area contributed by atoms with Crippen LogP contribution in [0.4, 0.5) is 0 Å². The third kappa shape index (κ3) is 3.68. The highest BCUT2D eigenvalue weighted by Crippen LogP contribution is 2.34. The normalized spacial score (nSPS) is 12.9. The molecule has 0 saturated heterocycles. The Bertz CT molecular complexity index is 516. The molecule has 2 rings (SSSR count). The Hall–Kier alpha value is -0.640. The molecule has 0 radical (unpaired) electrons. The van der Waals surface area contributed by atoms with E-state index in [4.69, 9.17) is 0 Å². The van der Waals surface area contributed by atoms with E-state index in [0.29, 0.717) is 12.0 Å². The Kier molecular flexibility index (Phi) is 5.20. The predicted molar refractivity (Wildman–Crippen MR) is 88.7 cm³/mol. The third-order valence-electron chi connectivity index (χ3n) is 3.15. The number of thiophene rings is 1. The van der Waals surface area contributed by atoms with E-state index in [-0.39, 0.29) is 0 Å². The van der Waals surface area contributed by atoms with Crippen LogP contribution in [0.25, 0.3) is 10.4 Å². The summed E-state index contributed by atoms with van der Waals surface area (Å²) in [6, 6.07) is 13.5. The zero-order valence-corrected chi connectivity index (χ0v) is 14.0. The fraction of sp³-hybridized carbons (Fsp3) is 0.375. The molecule has 0 fully saturated rings. The zero-order chi connectivity index (χ0) is 13.8. The first-order valence-electron chi connectivity index (χ1n) is 6.71. The lowest BCUT2D eigenvalue weighted by Crippen LogP contribution is -2.24. The van der Waals surface area contributed by atoms with Crippen LogP contribution in [0.5, 0.6) is 0 Å². The molecule has 102 valence electrons. The van der Waals surface area contributed by atoms with E-state index in [1.807, 2.05) is 11.3 Å². The molecule has 1 unspecified atom stereocenters. The molecule has 2 aromatic rings. The van der Waals surface area contributed by atoms with Gasteiger partial charge in [0.2, 0.25) is 0 Å². The Morgan fingerprint density at radius 2 is 1.79 bits per heavy atom. The average Bonchev–Trinajstić information content (AvgIpc) is 2.85. The highest BCUT2D eigenvalue weighted by Gasteiger charge is 2.16. The monoisotopic (exact) mass is 337 g/mol. The lowest BCUT2D eigenvalue weighted by Gasteiger charge is -2.20. The number of hydrogen-bond donors (Lipinski definition) is 1. The van der Waals surface area contributed by atoms with Gasteiger partial charge in [0.05, 0.1) is 0 Å². The quantitative estimate of drug-likeness (QED) is 0.761. The van der Waals surface area contributed by atoms with Gasteiger partial charge < -0.3 is 5.32 Å². The molecule has 0 aliphatic heterocycles. The summed E-state index contributed by atoms with van der Waals surface area (Å²) in [7, 11) is 0. The standard InChI is InChI=1S/C16H20BrNS/c1-4-18-16(11(2)3)15-10-9-14(19-15)12-5-7-13(17)8-6-12/h5-11,16,18H,4H2,1-3H3. The van der Waals surface area contributed by atoms with Crippen molar-refractivity contribution >= 4 is 27.3 Å². The number of hydrogen-bond acceptors (Lipinski definition) is 2. The van der Waals surface area contributed by atoms with Crippen molar-refractivity contribution < 1.29 is 0 Å². The first-order chi connectivity index (χ1) is 9.11. The summed E-state index contributed by atoms with van der Waals surface area (Å²) in [5.74, 6) is 0.608. The van der Waals surface area contributed by atoms with Crippen molar-refractivity contribution in [3.05, 3.63) is 45.7 Å². The summed E-state index contributed by atoms with van der Waals surface area (Å²) >= 11 is 5.37. The molecule has 0 spiro atoms. The van der Waals surface area contributed by atoms with Crippen molar-refractivity contribution in [1.82, 2.24) is 5.32 Å². The minimum Gasteiger partial charge on any atom is -0.309 e. The smallest absolute Gasteiger partial charge is 0.0438 e. The Labute approximate surface area is 128 Å². The molecule has 1 aromatic carbocycles. The van der Waals surface area contributed by atoms with E-state index < -0.39 is 0 Å². The first kappa shape index (κ1) is 14.8. The van der Waals surface area contributed by atoms with Crippen LogP contribution in [0.3, 0.4) is 0 Å². The van der Waals surface area contributed by atoms with Gasteiger partial charge in [0.25, 0.3) is 0 Å². The van der Waals surface area contributed by atoms with Crippen LogP contribution < -0.4 is 5.32 Å². The number of nitrogens with one attached hydrogen (secondary N) is 1. The van der Waals surface area contributed by atoms with Gasteiger partial charge in [-0.1, -0.05) is 48.8 Å². The minimum atomic E-state index is 0.458. The molecule has 19 heavy (non-hydrogen) atoms. The molecular weight excluding hydrogens is 318 g/mol. The van der Waals surface area contributed by atoms with E-state index in [0.717, 1.165) is 11.0 Å². The second kappa shape index (κ2) is 6.69. The Morgan fingerprint density at radius 3 is 2.37 bits per heavy atom. The molecule has 0 aliphatic carbocycles. The molecule has 3 heteroatoms. The van der Waals surface area contributed by atoms with Crippen molar-refractivity contribution in [3.8, 4) is 10.4 Å². The van der Waals surface area contributed by atoms with Crippen LogP contribution in [-0.4, -0.2) is 6.54 Å². The number of halogens is 1. The Balaban J connectivity index is 2.24. The maximum atomic E-state index is 3.58. The first-order valence-corrected chi connectivity index (χ1v) is 8.31. The SMILES string of the molecule is CCNC(c1ccc(-c2ccc(Br)cc2)s1)C(C)C. The van der Waals surface area contributed by atoms with Crippen LogP contribution in [0.15, 0.2) is 40.9 Å². The van der Waals surface area contributed by atoms with Crippen molar-refractivity contribution in [2.75, 3.05) is 6.54 Å². The van der Waals surface area contributed by atoms with Crippen molar-refractivity contribution in [2.45, 2.75) is 26.8 Å². The molecular formula is C16H20BrNS. The van der Waals surface area contributed by atoms with E-state index in [1.54, 1.807) is 0 Å². The molecule has 1 atom stereocenters. The largest absolute Gasteiger partial charge is 0.309 e. The predicted octanol–water partition coefficient (Wildman–Crippen LogP) is 5.48. The van der Waals surface area contributed by atoms with Gasteiger partial charge in [0.15, 0.2) is 0 Å². The van der Waals surface area contributed by atoms with E-state index in [9.17, 15) is 0 Å². The second-order valence-corrected chi connectivity index (χ2v) is 7.02. The lowest BCUT2D eigenvalue weighted by atomic mass is 10.0. The maximum Gasteiger partial charge on any atom is 0.0438 e. The maximum absolute atomic E-state index is 3.58. The highest BCUT2D eigenvalue weighted by atomic mass is 79.9. The molecule has 0 saturated carbocycles. The van der Waals surface area contributed by atoms with Gasteiger partial charge in [0.1, 0.15) is 0 Å². The van der Waals surface area contributed by atoms with Gasteiger partial charge in [-0.2, -0.15) is 0 Å². The van der Waals surface area contributed by atoms with Gasteiger partial charge in [-0.3, -0.25) is 0 Å². The zero-order valence-electron chi connectivity index (χ0n) is 11.6. The van der Waals surface area contributed by atoms with Crippen molar-refractivity contribution in [2.24, 2.45) is 5.92 Å². The fourth-order valence-corrected chi connectivity index (χ4v) is 3.70. The Morgan fingerprint density at radius 1 is 1.11 bits per heavy atom. The summed E-state index contributed by atoms with van der Waals surface area (Å²) in [5.41, 5.74) is 1.29. The second-order valence-electron chi connectivity index (χ2n) is 4.99. The lowest BCUT2D eigenvalue weighted by molar-refractivity contribution is 0.428. The van der Waals surface area contributed by atoms with Crippen LogP contribution in [-0.2, 0) is 0 Å². The number of benzene rings is 1. The molecule has 1 N–H and O–H groups in total. The van der Waals surface area contributed by atoms with Crippen molar-refractivity contribution in [1.29, 1.82) is 0 Å². The van der Waals surface area contributed by atoms with E-state index in [1.165, 1.54) is 15.3 Å². The summed E-state index contributed by atoms with van der Waals surface area (Å²) in [4.78, 5) is 2.76. The van der Waals surface area contributed by atoms with Gasteiger partial charge in [-0.15, -0.1) is 11.3 Å². The van der Waals surface area contributed by atoms with Gasteiger partial charge in [0, 0.05) is 20.3 Å². The summed E-state index contributed by atoms with van der Waals surface area (Å²) in [5, 5.41) is 3.58. The molecule has 0 amide bonds. The summed E-state index contributed by atoms with van der Waals surface area (Å²) in [6.07, 6.45) is 0. The van der Waals surface area contributed by atoms with E-state index in [2.05, 4.69) is 78.4 Å². The summed E-state index contributed by atoms with van der Waals surface area (Å²) in [6.45, 7) is 7.71. The third-order valence-corrected chi connectivity index (χ3v) is 4.90. The molecule has 0 bridgehead atoms. The van der Waals surface area contributed by atoms with Gasteiger partial charge >= 0.3 is 0 Å². The topological polar surface area (TPSA) is 12.0 Å². The minimum absolute atomic E-state index is 0.458. The van der Waals surface area contributed by atoms with Crippen LogP contribution in [0.2, 0.25) is 0 Å². The van der Waals surface area contributed by atoms with Crippen LogP contribution >= 0.6 is 27.3 Å². The van der Waals surface area contributed by atoms with Gasteiger partial charge in [-0.25, -0.2) is 0 Å². The van der Waals surface area contributed by atoms with Crippen LogP contribution in [0, 0.1) is 5.92 Å². The molecule has 1 nitrogen and oxygen atoms in total. The molecule has 1 heterocycles. The fourth-order valence-electron chi connectivity index (χ4n) is 2.17. The van der Waals surface area contributed by atoms with Crippen molar-refractivity contribution in [3.63, 3.8) is 0 Å². The molecule has 1 aromatic heterocycles. The summed E-state index contributed by atoms with van der Waals surface area (Å²) < 4.78 is 1.13. The highest BCUT2D eigenvalue weighted by molar-refractivity contribution is 9.10. The van der Waals surface area contributed by atoms with E-state index >= 15 is 0 Å². The average molecular weight is 338 g/mol. The van der Waals surface area contributed by atoms with Gasteiger partial charge in [-0.05, 0) is 42.3 Å². The molecule has 0 aliphatic rings. The number of rotatable bonds is 5.